The Balaban J connectivity index is 1.68. The predicted molar refractivity (Wildman–Crippen MR) is 132 cm³/mol. The molecule has 8 heteroatoms. The predicted octanol–water partition coefficient (Wildman–Crippen LogP) is 3.77. The standard InChI is InChI=1S/C26H32ClN3O4/c1-17(2)16-28-25(32)23(29-24(31)19-6-10-22(34-3)11-7-19)18-12-14-30(15-13-18)26(33)20-4-8-21(27)9-5-20/h4-11,17-18,23H,12-16H2,1-3H3,(H,28,32)(H,29,31)/t23-/m1/s1. The Bertz CT molecular complexity index is 984. The lowest BCUT2D eigenvalue weighted by Crippen LogP contribution is -2.54. The lowest BCUT2D eigenvalue weighted by molar-refractivity contribution is -0.124. The second-order valence-corrected chi connectivity index (χ2v) is 9.39. The fourth-order valence-electron chi connectivity index (χ4n) is 3.99. The first kappa shape index (κ1) is 25.6. The van der Waals surface area contributed by atoms with E-state index < -0.39 is 6.04 Å². The van der Waals surface area contributed by atoms with E-state index in [9.17, 15) is 14.4 Å². The van der Waals surface area contributed by atoms with Crippen molar-refractivity contribution in [2.24, 2.45) is 11.8 Å². The zero-order valence-electron chi connectivity index (χ0n) is 19.8. The molecule has 2 N–H and O–H groups in total. The van der Waals surface area contributed by atoms with E-state index in [0.29, 0.717) is 60.3 Å². The summed E-state index contributed by atoms with van der Waals surface area (Å²) in [6, 6.07) is 12.9. The van der Waals surface area contributed by atoms with Gasteiger partial charge in [-0.25, -0.2) is 0 Å². The summed E-state index contributed by atoms with van der Waals surface area (Å²) in [7, 11) is 1.56. The molecule has 1 atom stereocenters. The Hall–Kier alpha value is -3.06. The number of methoxy groups -OCH3 is 1. The molecule has 182 valence electrons. The molecule has 34 heavy (non-hydrogen) atoms. The quantitative estimate of drug-likeness (QED) is 0.595. The number of piperidine rings is 1. The Morgan fingerprint density at radius 2 is 1.59 bits per heavy atom. The minimum atomic E-state index is -0.680. The fraction of sp³-hybridized carbons (Fsp3) is 0.423. The van der Waals surface area contributed by atoms with E-state index in [1.54, 1.807) is 60.5 Å². The summed E-state index contributed by atoms with van der Waals surface area (Å²) in [4.78, 5) is 40.6. The smallest absolute Gasteiger partial charge is 0.253 e. The van der Waals surface area contributed by atoms with Gasteiger partial charge < -0.3 is 20.3 Å². The molecule has 1 fully saturated rings. The molecule has 1 heterocycles. The Morgan fingerprint density at radius 1 is 1.00 bits per heavy atom. The van der Waals surface area contributed by atoms with Crippen LogP contribution in [0.15, 0.2) is 48.5 Å². The highest BCUT2D eigenvalue weighted by molar-refractivity contribution is 6.30. The third-order valence-electron chi connectivity index (χ3n) is 6.00. The van der Waals surface area contributed by atoms with Gasteiger partial charge in [-0.1, -0.05) is 25.4 Å². The maximum absolute atomic E-state index is 13.0. The molecule has 0 aromatic heterocycles. The maximum atomic E-state index is 13.0. The van der Waals surface area contributed by atoms with Gasteiger partial charge in [0.05, 0.1) is 7.11 Å². The highest BCUT2D eigenvalue weighted by atomic mass is 35.5. The van der Waals surface area contributed by atoms with Gasteiger partial charge in [0.2, 0.25) is 5.91 Å². The van der Waals surface area contributed by atoms with E-state index >= 15 is 0 Å². The SMILES string of the molecule is COc1ccc(C(=O)N[C@@H](C(=O)NCC(C)C)C2CCN(C(=O)c3ccc(Cl)cc3)CC2)cc1. The number of amides is 3. The molecule has 1 aliphatic rings. The largest absolute Gasteiger partial charge is 0.497 e. The molecule has 3 amide bonds. The molecule has 0 radical (unpaired) electrons. The van der Waals surface area contributed by atoms with Crippen LogP contribution in [-0.4, -0.2) is 55.4 Å². The Morgan fingerprint density at radius 3 is 2.15 bits per heavy atom. The molecule has 0 unspecified atom stereocenters. The van der Waals surface area contributed by atoms with E-state index in [4.69, 9.17) is 16.3 Å². The summed E-state index contributed by atoms with van der Waals surface area (Å²) in [6.07, 6.45) is 1.23. The molecule has 2 aromatic carbocycles. The molecule has 0 bridgehead atoms. The van der Waals surface area contributed by atoms with Crippen molar-refractivity contribution in [3.63, 3.8) is 0 Å². The van der Waals surface area contributed by atoms with Crippen LogP contribution >= 0.6 is 11.6 Å². The molecule has 7 nitrogen and oxygen atoms in total. The first-order valence-corrected chi connectivity index (χ1v) is 11.9. The van der Waals surface area contributed by atoms with Crippen molar-refractivity contribution >= 4 is 29.3 Å². The number of rotatable bonds is 8. The molecule has 2 aromatic rings. The third kappa shape index (κ3) is 6.73. The summed E-state index contributed by atoms with van der Waals surface area (Å²) in [5.74, 6) is 0.299. The van der Waals surface area contributed by atoms with Crippen molar-refractivity contribution < 1.29 is 19.1 Å². The highest BCUT2D eigenvalue weighted by Crippen LogP contribution is 2.24. The van der Waals surface area contributed by atoms with Crippen LogP contribution in [0.5, 0.6) is 5.75 Å². The van der Waals surface area contributed by atoms with Gasteiger partial charge in [-0.3, -0.25) is 14.4 Å². The van der Waals surface area contributed by atoms with Crippen molar-refractivity contribution in [1.82, 2.24) is 15.5 Å². The summed E-state index contributed by atoms with van der Waals surface area (Å²) >= 11 is 5.93. The number of hydrogen-bond donors (Lipinski definition) is 2. The number of carbonyl (C=O) groups excluding carboxylic acids is 3. The van der Waals surface area contributed by atoms with Gasteiger partial charge in [0.25, 0.3) is 11.8 Å². The average Bonchev–Trinajstić information content (AvgIpc) is 2.86. The first-order chi connectivity index (χ1) is 16.3. The van der Waals surface area contributed by atoms with E-state index in [0.717, 1.165) is 0 Å². The Kier molecular flexibility index (Phi) is 8.93. The summed E-state index contributed by atoms with van der Waals surface area (Å²) in [5, 5.41) is 6.47. The zero-order valence-corrected chi connectivity index (χ0v) is 20.6. The maximum Gasteiger partial charge on any atom is 0.253 e. The van der Waals surface area contributed by atoms with Crippen LogP contribution in [0.4, 0.5) is 0 Å². The number of carbonyl (C=O) groups is 3. The number of halogens is 1. The fourth-order valence-corrected chi connectivity index (χ4v) is 4.12. The number of hydrogen-bond acceptors (Lipinski definition) is 4. The summed E-state index contributed by atoms with van der Waals surface area (Å²) in [6.45, 7) is 5.59. The number of nitrogens with zero attached hydrogens (tertiary/aromatic N) is 1. The van der Waals surface area contributed by atoms with Gasteiger partial charge in [0.1, 0.15) is 11.8 Å². The van der Waals surface area contributed by atoms with Crippen LogP contribution in [0.3, 0.4) is 0 Å². The molecule has 0 saturated carbocycles. The molecule has 3 rings (SSSR count). The van der Waals surface area contributed by atoms with Crippen molar-refractivity contribution in [1.29, 1.82) is 0 Å². The van der Waals surface area contributed by atoms with Crippen LogP contribution in [0.25, 0.3) is 0 Å². The van der Waals surface area contributed by atoms with Crippen LogP contribution in [-0.2, 0) is 4.79 Å². The van der Waals surface area contributed by atoms with Crippen LogP contribution in [0, 0.1) is 11.8 Å². The first-order valence-electron chi connectivity index (χ1n) is 11.6. The van der Waals surface area contributed by atoms with Gasteiger partial charge >= 0.3 is 0 Å². The van der Waals surface area contributed by atoms with Gasteiger partial charge in [-0.15, -0.1) is 0 Å². The minimum Gasteiger partial charge on any atom is -0.497 e. The summed E-state index contributed by atoms with van der Waals surface area (Å²) < 4.78 is 5.15. The summed E-state index contributed by atoms with van der Waals surface area (Å²) in [5.41, 5.74) is 1.04. The number of ether oxygens (including phenoxy) is 1. The zero-order chi connectivity index (χ0) is 24.7. The van der Waals surface area contributed by atoms with Crippen molar-refractivity contribution in [2.45, 2.75) is 32.7 Å². The second kappa shape index (κ2) is 11.9. The van der Waals surface area contributed by atoms with Crippen molar-refractivity contribution in [3.05, 3.63) is 64.7 Å². The number of likely N-dealkylation sites (tertiary alicyclic amines) is 1. The lowest BCUT2D eigenvalue weighted by atomic mass is 9.88. The van der Waals surface area contributed by atoms with E-state index in [1.807, 2.05) is 13.8 Å². The van der Waals surface area contributed by atoms with Gasteiger partial charge in [-0.05, 0) is 73.2 Å². The monoisotopic (exact) mass is 485 g/mol. The third-order valence-corrected chi connectivity index (χ3v) is 6.25. The van der Waals surface area contributed by atoms with E-state index in [2.05, 4.69) is 10.6 Å². The van der Waals surface area contributed by atoms with Crippen LogP contribution in [0.2, 0.25) is 5.02 Å². The van der Waals surface area contributed by atoms with E-state index in [-0.39, 0.29) is 23.6 Å². The van der Waals surface area contributed by atoms with Gasteiger partial charge in [0.15, 0.2) is 0 Å². The van der Waals surface area contributed by atoms with Crippen molar-refractivity contribution in [3.8, 4) is 5.75 Å². The Labute approximate surface area is 205 Å². The lowest BCUT2D eigenvalue weighted by Gasteiger charge is -2.36. The highest BCUT2D eigenvalue weighted by Gasteiger charge is 2.34. The molecule has 0 aliphatic carbocycles. The normalized spacial score (nSPS) is 15.0. The molecule has 1 saturated heterocycles. The molecular weight excluding hydrogens is 454 g/mol. The molecule has 0 spiro atoms. The van der Waals surface area contributed by atoms with Gasteiger partial charge in [-0.2, -0.15) is 0 Å². The second-order valence-electron chi connectivity index (χ2n) is 8.96. The average molecular weight is 486 g/mol. The minimum absolute atomic E-state index is 0.0572. The number of nitrogens with one attached hydrogen (secondary N) is 2. The molecular formula is C26H32ClN3O4. The van der Waals surface area contributed by atoms with Gasteiger partial charge in [0, 0.05) is 35.8 Å². The topological polar surface area (TPSA) is 87.7 Å². The van der Waals surface area contributed by atoms with Crippen LogP contribution < -0.4 is 15.4 Å². The molecule has 1 aliphatic heterocycles. The van der Waals surface area contributed by atoms with Crippen LogP contribution in [0.1, 0.15) is 47.4 Å². The van der Waals surface area contributed by atoms with Crippen molar-refractivity contribution in [2.75, 3.05) is 26.7 Å². The van der Waals surface area contributed by atoms with E-state index in [1.165, 1.54) is 0 Å². The number of benzene rings is 2.